The molecule has 0 aliphatic rings. The van der Waals surface area contributed by atoms with E-state index >= 15 is 0 Å². The molecule has 0 amide bonds. The molecule has 0 heterocycles. The molecule has 0 saturated carbocycles. The van der Waals surface area contributed by atoms with Crippen LogP contribution in [0.1, 0.15) is 18.9 Å². The molecule has 0 aromatic heterocycles. The van der Waals surface area contributed by atoms with Crippen LogP contribution in [0.25, 0.3) is 0 Å². The van der Waals surface area contributed by atoms with Crippen LogP contribution in [0.5, 0.6) is 0 Å². The molecule has 0 bridgehead atoms. The zero-order chi connectivity index (χ0) is 11.6. The smallest absolute Gasteiger partial charge is 0.0582 e. The van der Waals surface area contributed by atoms with Crippen molar-refractivity contribution in [3.8, 4) is 11.8 Å². The summed E-state index contributed by atoms with van der Waals surface area (Å²) >= 11 is 1.89. The number of hydrogen-bond acceptors (Lipinski definition) is 2. The van der Waals surface area contributed by atoms with E-state index < -0.39 is 0 Å². The van der Waals surface area contributed by atoms with E-state index in [1.807, 2.05) is 42.1 Å². The quantitative estimate of drug-likeness (QED) is 0.785. The van der Waals surface area contributed by atoms with E-state index in [0.717, 1.165) is 12.1 Å². The second-order valence-electron chi connectivity index (χ2n) is 3.73. The largest absolute Gasteiger partial charge is 0.304 e. The fourth-order valence-corrected chi connectivity index (χ4v) is 1.88. The molecule has 1 aromatic carbocycles. The van der Waals surface area contributed by atoms with Crippen molar-refractivity contribution in [2.75, 3.05) is 18.6 Å². The molecule has 0 aliphatic heterocycles. The van der Waals surface area contributed by atoms with Crippen molar-refractivity contribution in [2.45, 2.75) is 19.4 Å². The lowest BCUT2D eigenvalue weighted by Crippen LogP contribution is -2.26. The molecule has 1 unspecified atom stereocenters. The van der Waals surface area contributed by atoms with Crippen LogP contribution in [0.2, 0.25) is 0 Å². The fraction of sp³-hybridized carbons (Fsp3) is 0.429. The van der Waals surface area contributed by atoms with Gasteiger partial charge in [0, 0.05) is 11.6 Å². The predicted octanol–water partition coefficient (Wildman–Crippen LogP) is 2.77. The van der Waals surface area contributed by atoms with Crippen molar-refractivity contribution < 1.29 is 0 Å². The molecule has 1 nitrogen and oxygen atoms in total. The first-order chi connectivity index (χ1) is 7.83. The Morgan fingerprint density at radius 2 is 2.06 bits per heavy atom. The molecule has 16 heavy (non-hydrogen) atoms. The minimum Gasteiger partial charge on any atom is -0.304 e. The maximum atomic E-state index is 3.40. The summed E-state index contributed by atoms with van der Waals surface area (Å²) in [5, 5.41) is 3.40. The summed E-state index contributed by atoms with van der Waals surface area (Å²) in [6.45, 7) is 2.98. The number of rotatable bonds is 5. The summed E-state index contributed by atoms with van der Waals surface area (Å²) < 4.78 is 0. The molecule has 0 spiro atoms. The lowest BCUT2D eigenvalue weighted by Gasteiger charge is -2.09. The Labute approximate surface area is 103 Å². The zero-order valence-electron chi connectivity index (χ0n) is 9.99. The van der Waals surface area contributed by atoms with Crippen molar-refractivity contribution in [1.82, 2.24) is 5.32 Å². The number of thioether (sulfide) groups is 1. The molecule has 0 fully saturated rings. The summed E-state index contributed by atoms with van der Waals surface area (Å²) in [5.74, 6) is 7.49. The number of nitrogens with one attached hydrogen (secondary N) is 1. The maximum Gasteiger partial charge on any atom is 0.0582 e. The normalized spacial score (nSPS) is 11.6. The van der Waals surface area contributed by atoms with Gasteiger partial charge in [-0.25, -0.2) is 0 Å². The van der Waals surface area contributed by atoms with E-state index in [4.69, 9.17) is 0 Å². The Kier molecular flexibility index (Phi) is 6.80. The monoisotopic (exact) mass is 233 g/mol. The first-order valence-electron chi connectivity index (χ1n) is 5.59. The summed E-state index contributed by atoms with van der Waals surface area (Å²) in [6, 6.07) is 10.6. The summed E-state index contributed by atoms with van der Waals surface area (Å²) in [5.41, 5.74) is 1.08. The zero-order valence-corrected chi connectivity index (χ0v) is 10.8. The van der Waals surface area contributed by atoms with Gasteiger partial charge in [-0.2, -0.15) is 11.8 Å². The van der Waals surface area contributed by atoms with Gasteiger partial charge < -0.3 is 5.32 Å². The van der Waals surface area contributed by atoms with E-state index in [1.54, 1.807) is 0 Å². The molecule has 1 rings (SSSR count). The minimum atomic E-state index is 0.553. The third kappa shape index (κ3) is 5.85. The van der Waals surface area contributed by atoms with Crippen LogP contribution < -0.4 is 5.32 Å². The predicted molar refractivity (Wildman–Crippen MR) is 73.8 cm³/mol. The highest BCUT2D eigenvalue weighted by Gasteiger charge is 1.97. The van der Waals surface area contributed by atoms with Crippen molar-refractivity contribution in [1.29, 1.82) is 0 Å². The SMILES string of the molecule is CSCCC(C)NCC#Cc1ccccc1. The summed E-state index contributed by atoms with van der Waals surface area (Å²) in [4.78, 5) is 0. The first-order valence-corrected chi connectivity index (χ1v) is 6.98. The van der Waals surface area contributed by atoms with Crippen molar-refractivity contribution in [2.24, 2.45) is 0 Å². The summed E-state index contributed by atoms with van der Waals surface area (Å²) in [7, 11) is 0. The molecule has 1 N–H and O–H groups in total. The lowest BCUT2D eigenvalue weighted by atomic mass is 10.2. The highest BCUT2D eigenvalue weighted by atomic mass is 32.2. The second kappa shape index (κ2) is 8.27. The number of hydrogen-bond donors (Lipinski definition) is 1. The van der Waals surface area contributed by atoms with Crippen molar-refractivity contribution in [3.05, 3.63) is 35.9 Å². The Bertz CT molecular complexity index is 337. The topological polar surface area (TPSA) is 12.0 Å². The van der Waals surface area contributed by atoms with Crippen molar-refractivity contribution >= 4 is 11.8 Å². The maximum absolute atomic E-state index is 3.40. The van der Waals surface area contributed by atoms with Gasteiger partial charge in [0.15, 0.2) is 0 Å². The molecular weight excluding hydrogens is 214 g/mol. The van der Waals surface area contributed by atoms with Gasteiger partial charge >= 0.3 is 0 Å². The molecular formula is C14H19NS. The molecule has 0 saturated heterocycles. The van der Waals surface area contributed by atoms with Crippen LogP contribution in [0.3, 0.4) is 0 Å². The van der Waals surface area contributed by atoms with Crippen LogP contribution in [0.4, 0.5) is 0 Å². The van der Waals surface area contributed by atoms with E-state index in [0.29, 0.717) is 6.04 Å². The highest BCUT2D eigenvalue weighted by Crippen LogP contribution is 1.99. The first kappa shape index (κ1) is 13.2. The lowest BCUT2D eigenvalue weighted by molar-refractivity contribution is 0.576. The molecule has 86 valence electrons. The van der Waals surface area contributed by atoms with Crippen molar-refractivity contribution in [3.63, 3.8) is 0 Å². The van der Waals surface area contributed by atoms with Gasteiger partial charge in [0.1, 0.15) is 0 Å². The second-order valence-corrected chi connectivity index (χ2v) is 4.72. The third-order valence-electron chi connectivity index (χ3n) is 2.30. The fourth-order valence-electron chi connectivity index (χ4n) is 1.29. The standard InChI is InChI=1S/C14H19NS/c1-13(10-12-16-2)15-11-6-9-14-7-4-3-5-8-14/h3-5,7-8,13,15H,10-12H2,1-2H3. The van der Waals surface area contributed by atoms with Gasteiger partial charge in [0.25, 0.3) is 0 Å². The van der Waals surface area contributed by atoms with Crippen LogP contribution >= 0.6 is 11.8 Å². The number of benzene rings is 1. The Morgan fingerprint density at radius 1 is 1.31 bits per heavy atom. The van der Waals surface area contributed by atoms with Crippen LogP contribution in [0, 0.1) is 11.8 Å². The third-order valence-corrected chi connectivity index (χ3v) is 2.94. The Balaban J connectivity index is 2.23. The average molecular weight is 233 g/mol. The van der Waals surface area contributed by atoms with E-state index in [2.05, 4.69) is 30.3 Å². The van der Waals surface area contributed by atoms with E-state index in [1.165, 1.54) is 12.2 Å². The van der Waals surface area contributed by atoms with Gasteiger partial charge in [0.05, 0.1) is 6.54 Å². The van der Waals surface area contributed by atoms with Gasteiger partial charge in [-0.15, -0.1) is 0 Å². The van der Waals surface area contributed by atoms with Crippen LogP contribution in [0.15, 0.2) is 30.3 Å². The average Bonchev–Trinajstić information content (AvgIpc) is 2.33. The molecule has 2 heteroatoms. The molecule has 0 radical (unpaired) electrons. The van der Waals surface area contributed by atoms with Crippen LogP contribution in [-0.2, 0) is 0 Å². The van der Waals surface area contributed by atoms with Gasteiger partial charge in [0.2, 0.25) is 0 Å². The Morgan fingerprint density at radius 3 is 2.75 bits per heavy atom. The Hall–Kier alpha value is -0.910. The molecule has 1 aromatic rings. The van der Waals surface area contributed by atoms with E-state index in [9.17, 15) is 0 Å². The summed E-state index contributed by atoms with van der Waals surface area (Å²) in [6.07, 6.45) is 3.34. The molecule has 0 aliphatic carbocycles. The molecule has 1 atom stereocenters. The van der Waals surface area contributed by atoms with E-state index in [-0.39, 0.29) is 0 Å². The van der Waals surface area contributed by atoms with Gasteiger partial charge in [-0.05, 0) is 37.5 Å². The minimum absolute atomic E-state index is 0.553. The van der Waals surface area contributed by atoms with Gasteiger partial charge in [-0.1, -0.05) is 30.0 Å². The van der Waals surface area contributed by atoms with Crippen LogP contribution in [-0.4, -0.2) is 24.6 Å². The van der Waals surface area contributed by atoms with Gasteiger partial charge in [-0.3, -0.25) is 0 Å². The highest BCUT2D eigenvalue weighted by molar-refractivity contribution is 7.98.